The molecule has 0 spiro atoms. The molecule has 34 heavy (non-hydrogen) atoms. The van der Waals surface area contributed by atoms with Crippen molar-refractivity contribution in [2.24, 2.45) is 0 Å². The minimum absolute atomic E-state index is 0.0887. The van der Waals surface area contributed by atoms with Crippen LogP contribution >= 0.6 is 0 Å². The smallest absolute Gasteiger partial charge is 0.241 e. The van der Waals surface area contributed by atoms with E-state index in [9.17, 15) is 4.79 Å². The molecule has 3 atom stereocenters. The minimum Gasteiger partial charge on any atom is -0.365 e. The van der Waals surface area contributed by atoms with Crippen LogP contribution in [0.2, 0.25) is 0 Å². The van der Waals surface area contributed by atoms with Crippen LogP contribution in [0.15, 0.2) is 42.6 Å². The number of nitrogens with one attached hydrogen (secondary N) is 1. The Morgan fingerprint density at radius 2 is 2.00 bits per heavy atom. The van der Waals surface area contributed by atoms with Gasteiger partial charge in [0.15, 0.2) is 0 Å². The second kappa shape index (κ2) is 10.1. The fourth-order valence-corrected chi connectivity index (χ4v) is 5.36. The monoisotopic (exact) mass is 465 g/mol. The van der Waals surface area contributed by atoms with E-state index in [1.54, 1.807) is 7.11 Å². The van der Waals surface area contributed by atoms with Crippen LogP contribution in [0.3, 0.4) is 0 Å². The van der Waals surface area contributed by atoms with E-state index in [2.05, 4.69) is 66.2 Å². The first-order chi connectivity index (χ1) is 16.2. The third kappa shape index (κ3) is 5.18. The van der Waals surface area contributed by atoms with Crippen LogP contribution in [0.4, 0.5) is 5.69 Å². The summed E-state index contributed by atoms with van der Waals surface area (Å²) in [5.74, 6) is 0.123. The molecule has 0 bridgehead atoms. The Bertz CT molecular complexity index is 994. The maximum Gasteiger partial charge on any atom is 0.241 e. The van der Waals surface area contributed by atoms with Crippen molar-refractivity contribution in [3.63, 3.8) is 0 Å². The molecule has 1 N–H and O–H groups in total. The number of methoxy groups -OCH3 is 1. The highest BCUT2D eigenvalue weighted by atomic mass is 16.5. The van der Waals surface area contributed by atoms with Crippen molar-refractivity contribution in [3.8, 4) is 0 Å². The van der Waals surface area contributed by atoms with Gasteiger partial charge in [-0.05, 0) is 44.6 Å². The Morgan fingerprint density at radius 3 is 2.68 bits per heavy atom. The highest BCUT2D eigenvalue weighted by molar-refractivity contribution is 5.97. The number of hydrogen-bond donors (Lipinski definition) is 1. The lowest BCUT2D eigenvalue weighted by molar-refractivity contribution is -0.124. The molecule has 1 amide bonds. The molecule has 1 unspecified atom stereocenters. The number of fused-ring (bicyclic) bond motifs is 1. The topological polar surface area (TPSA) is 60.9 Å². The Morgan fingerprint density at radius 1 is 1.26 bits per heavy atom. The van der Waals surface area contributed by atoms with Gasteiger partial charge in [0.2, 0.25) is 5.91 Å². The molecule has 2 aromatic rings. The van der Waals surface area contributed by atoms with Crippen molar-refractivity contribution in [3.05, 3.63) is 59.4 Å². The zero-order valence-electron chi connectivity index (χ0n) is 21.4. The zero-order chi connectivity index (χ0) is 24.5. The molecule has 0 aliphatic carbocycles. The minimum atomic E-state index is -0.175. The molecule has 1 fully saturated rings. The van der Waals surface area contributed by atoms with Gasteiger partial charge in [-0.3, -0.25) is 19.6 Å². The summed E-state index contributed by atoms with van der Waals surface area (Å²) in [6.45, 7) is 9.12. The highest BCUT2D eigenvalue weighted by Gasteiger charge is 2.41. The average Bonchev–Trinajstić information content (AvgIpc) is 3.06. The zero-order valence-corrected chi connectivity index (χ0v) is 21.4. The van der Waals surface area contributed by atoms with Gasteiger partial charge in [-0.25, -0.2) is 0 Å². The third-order valence-corrected chi connectivity index (χ3v) is 7.03. The molecule has 3 heterocycles. The van der Waals surface area contributed by atoms with E-state index in [0.717, 1.165) is 36.5 Å². The maximum atomic E-state index is 13.7. The Labute approximate surface area is 204 Å². The number of likely N-dealkylation sites (N-methyl/N-ethyl adjacent to an activating group) is 1. The van der Waals surface area contributed by atoms with Gasteiger partial charge in [-0.2, -0.15) is 0 Å². The predicted molar refractivity (Wildman–Crippen MR) is 136 cm³/mol. The second-order valence-corrected chi connectivity index (χ2v) is 10.6. The first kappa shape index (κ1) is 24.8. The van der Waals surface area contributed by atoms with E-state index in [-0.39, 0.29) is 23.6 Å². The fraction of sp³-hybridized carbons (Fsp3) is 0.556. The van der Waals surface area contributed by atoms with Crippen molar-refractivity contribution in [1.82, 2.24) is 20.1 Å². The van der Waals surface area contributed by atoms with Crippen LogP contribution in [0.25, 0.3) is 0 Å². The van der Waals surface area contributed by atoms with Crippen molar-refractivity contribution < 1.29 is 9.53 Å². The number of aromatic nitrogens is 1. The average molecular weight is 466 g/mol. The molecule has 2 aliphatic heterocycles. The number of piperazine rings is 1. The van der Waals surface area contributed by atoms with Crippen molar-refractivity contribution in [2.75, 3.05) is 52.3 Å². The first-order valence-corrected chi connectivity index (χ1v) is 12.2. The number of amides is 1. The Balaban J connectivity index is 1.57. The number of carbonyl (C=O) groups excluding carboxylic acids is 1. The number of hydrogen-bond acceptors (Lipinski definition) is 6. The number of rotatable bonds is 7. The van der Waals surface area contributed by atoms with E-state index < -0.39 is 0 Å². The molecular weight excluding hydrogens is 426 g/mol. The van der Waals surface area contributed by atoms with E-state index in [4.69, 9.17) is 9.72 Å². The summed E-state index contributed by atoms with van der Waals surface area (Å²) in [5.41, 5.74) is 4.16. The molecule has 4 rings (SSSR count). The van der Waals surface area contributed by atoms with E-state index in [1.807, 2.05) is 31.3 Å². The Hall–Kier alpha value is -2.32. The van der Waals surface area contributed by atoms with Gasteiger partial charge in [0.1, 0.15) is 6.23 Å². The molecule has 1 aromatic heterocycles. The molecule has 0 radical (unpaired) electrons. The first-order valence-electron chi connectivity index (χ1n) is 12.2. The summed E-state index contributed by atoms with van der Waals surface area (Å²) in [6.07, 6.45) is 2.68. The highest BCUT2D eigenvalue weighted by Crippen LogP contribution is 2.39. The SMILES string of the molecule is CO[C@H](C1CN[C@H](C)CN1CC(=O)N1CC(C)(C)c2ncc(Cc3ccccc3)cc21)N(C)C. The van der Waals surface area contributed by atoms with Crippen LogP contribution in [-0.4, -0.2) is 86.4 Å². The lowest BCUT2D eigenvalue weighted by atomic mass is 9.91. The molecule has 7 heteroatoms. The second-order valence-electron chi connectivity index (χ2n) is 10.6. The largest absolute Gasteiger partial charge is 0.365 e. The van der Waals surface area contributed by atoms with Gasteiger partial charge in [0.05, 0.1) is 24.0 Å². The van der Waals surface area contributed by atoms with Gasteiger partial charge in [0, 0.05) is 44.4 Å². The lowest BCUT2D eigenvalue weighted by Gasteiger charge is -2.44. The number of pyridine rings is 1. The third-order valence-electron chi connectivity index (χ3n) is 7.03. The van der Waals surface area contributed by atoms with Crippen LogP contribution in [0, 0.1) is 0 Å². The molecule has 7 nitrogen and oxygen atoms in total. The van der Waals surface area contributed by atoms with Crippen LogP contribution < -0.4 is 10.2 Å². The number of nitrogens with zero attached hydrogens (tertiary/aromatic N) is 4. The number of ether oxygens (including phenoxy) is 1. The van der Waals surface area contributed by atoms with Gasteiger partial charge >= 0.3 is 0 Å². The predicted octanol–water partition coefficient (Wildman–Crippen LogP) is 2.49. The summed E-state index contributed by atoms with van der Waals surface area (Å²) in [7, 11) is 5.78. The molecule has 2 aliphatic rings. The Kier molecular flexibility index (Phi) is 7.38. The van der Waals surface area contributed by atoms with Gasteiger partial charge in [-0.15, -0.1) is 0 Å². The maximum absolute atomic E-state index is 13.7. The standard InChI is InChI=1S/C27H39N5O2/c1-19-16-31(23(15-28-19)26(34-6)30(4)5)17-24(33)32-18-27(2,3)25-22(32)13-21(14-29-25)12-20-10-8-7-9-11-20/h7-11,13-14,19,23,26,28H,12,15-18H2,1-6H3/t19-,23?,26-/m1/s1. The van der Waals surface area contributed by atoms with Crippen molar-refractivity contribution in [1.29, 1.82) is 0 Å². The lowest BCUT2D eigenvalue weighted by Crippen LogP contribution is -2.64. The van der Waals surface area contributed by atoms with Gasteiger partial charge < -0.3 is 15.0 Å². The van der Waals surface area contributed by atoms with E-state index in [0.29, 0.717) is 19.1 Å². The number of carbonyl (C=O) groups is 1. The summed E-state index contributed by atoms with van der Waals surface area (Å²) in [6, 6.07) is 13.0. The summed E-state index contributed by atoms with van der Waals surface area (Å²) in [5, 5.41) is 3.55. The molecule has 0 saturated carbocycles. The number of benzene rings is 1. The molecular formula is C27H39N5O2. The molecule has 184 valence electrons. The van der Waals surface area contributed by atoms with Crippen LogP contribution in [-0.2, 0) is 21.4 Å². The van der Waals surface area contributed by atoms with E-state index in [1.165, 1.54) is 5.56 Å². The fourth-order valence-electron chi connectivity index (χ4n) is 5.36. The normalized spacial score (nSPS) is 23.2. The van der Waals surface area contributed by atoms with E-state index >= 15 is 0 Å². The quantitative estimate of drug-likeness (QED) is 0.634. The van der Waals surface area contributed by atoms with Gasteiger partial charge in [-0.1, -0.05) is 44.2 Å². The van der Waals surface area contributed by atoms with Crippen LogP contribution in [0.5, 0.6) is 0 Å². The molecule has 1 saturated heterocycles. The summed E-state index contributed by atoms with van der Waals surface area (Å²) < 4.78 is 5.79. The van der Waals surface area contributed by atoms with Crippen molar-refractivity contribution >= 4 is 11.6 Å². The van der Waals surface area contributed by atoms with Gasteiger partial charge in [0.25, 0.3) is 0 Å². The van der Waals surface area contributed by atoms with Crippen molar-refractivity contribution in [2.45, 2.75) is 50.9 Å². The number of anilines is 1. The summed E-state index contributed by atoms with van der Waals surface area (Å²) in [4.78, 5) is 24.9. The summed E-state index contributed by atoms with van der Waals surface area (Å²) >= 11 is 0. The molecule has 1 aromatic carbocycles. The van der Waals surface area contributed by atoms with Crippen LogP contribution in [0.1, 0.15) is 37.6 Å².